The fraction of sp³-hybridized carbons (Fsp3) is 0.385. The van der Waals surface area contributed by atoms with Gasteiger partial charge in [0.25, 0.3) is 0 Å². The number of amides is 1. The van der Waals surface area contributed by atoms with Crippen LogP contribution in [0.1, 0.15) is 10.9 Å². The Hall–Kier alpha value is -2.10. The molecule has 0 aliphatic carbocycles. The van der Waals surface area contributed by atoms with Gasteiger partial charge in [0, 0.05) is 5.75 Å². The Morgan fingerprint density at radius 1 is 1.26 bits per heavy atom. The molecule has 1 amide bonds. The zero-order valence-corrected chi connectivity index (χ0v) is 12.2. The quantitative estimate of drug-likeness (QED) is 0.880. The van der Waals surface area contributed by atoms with Crippen molar-refractivity contribution in [2.75, 3.05) is 12.5 Å². The van der Waals surface area contributed by atoms with E-state index in [-0.39, 0.29) is 12.5 Å². The molecular formula is C13H10F3NO5S. The third-order valence-electron chi connectivity index (χ3n) is 3.44. The summed E-state index contributed by atoms with van der Waals surface area (Å²) in [4.78, 5) is 23.2. The maximum atomic E-state index is 12.8. The number of aliphatic carboxylic acids is 1. The number of rotatable bonds is 2. The molecule has 1 unspecified atom stereocenters. The third-order valence-corrected chi connectivity index (χ3v) is 4.77. The molecule has 0 bridgehead atoms. The molecule has 0 aromatic heterocycles. The monoisotopic (exact) mass is 349 g/mol. The number of hydrogen-bond acceptors (Lipinski definition) is 5. The first-order chi connectivity index (χ1) is 10.8. The van der Waals surface area contributed by atoms with E-state index in [2.05, 4.69) is 0 Å². The van der Waals surface area contributed by atoms with E-state index in [1.165, 1.54) is 18.2 Å². The van der Waals surface area contributed by atoms with Crippen molar-refractivity contribution in [3.63, 3.8) is 0 Å². The molecule has 124 valence electrons. The van der Waals surface area contributed by atoms with Crippen LogP contribution in [-0.4, -0.2) is 46.6 Å². The predicted octanol–water partition coefficient (Wildman–Crippen LogP) is 2.00. The van der Waals surface area contributed by atoms with Crippen LogP contribution >= 0.6 is 11.8 Å². The highest BCUT2D eigenvalue weighted by Crippen LogP contribution is 2.45. The van der Waals surface area contributed by atoms with Gasteiger partial charge in [-0.1, -0.05) is 6.07 Å². The fourth-order valence-electron chi connectivity index (χ4n) is 2.41. The van der Waals surface area contributed by atoms with E-state index in [4.69, 9.17) is 14.6 Å². The lowest BCUT2D eigenvalue weighted by Gasteiger charge is -2.28. The second-order valence-electron chi connectivity index (χ2n) is 4.86. The van der Waals surface area contributed by atoms with Gasteiger partial charge in [-0.15, -0.1) is 11.8 Å². The number of carbonyl (C=O) groups excluding carboxylic acids is 1. The van der Waals surface area contributed by atoms with Crippen molar-refractivity contribution >= 4 is 23.6 Å². The van der Waals surface area contributed by atoms with Crippen molar-refractivity contribution < 1.29 is 37.3 Å². The number of carboxylic acid groups (broad SMARTS) is 1. The molecule has 0 spiro atoms. The highest BCUT2D eigenvalue weighted by Gasteiger charge is 2.52. The minimum atomic E-state index is -5.15. The Bertz CT molecular complexity index is 666. The van der Waals surface area contributed by atoms with Gasteiger partial charge >= 0.3 is 18.1 Å². The standard InChI is InChI=1S/C13H10F3NO5S/c14-13(15,16)12(20)17-7(11(18)19)4-23-10(17)6-1-2-8-9(3-6)22-5-21-8/h1-3,7,10H,4-5H2,(H,18,19)/t7-,10?/m1/s1. The van der Waals surface area contributed by atoms with Crippen LogP contribution in [0.4, 0.5) is 13.2 Å². The van der Waals surface area contributed by atoms with E-state index in [9.17, 15) is 22.8 Å². The van der Waals surface area contributed by atoms with E-state index >= 15 is 0 Å². The molecule has 1 N–H and O–H groups in total. The second-order valence-corrected chi connectivity index (χ2v) is 5.98. The van der Waals surface area contributed by atoms with E-state index in [0.717, 1.165) is 11.8 Å². The fourth-order valence-corrected chi connectivity index (χ4v) is 3.82. The van der Waals surface area contributed by atoms with Crippen LogP contribution in [0.5, 0.6) is 11.5 Å². The highest BCUT2D eigenvalue weighted by atomic mass is 32.2. The number of nitrogens with zero attached hydrogens (tertiary/aromatic N) is 1. The number of fused-ring (bicyclic) bond motifs is 1. The van der Waals surface area contributed by atoms with Crippen molar-refractivity contribution in [2.45, 2.75) is 17.6 Å². The summed E-state index contributed by atoms with van der Waals surface area (Å²) in [6, 6.07) is 2.93. The smallest absolute Gasteiger partial charge is 0.471 e. The van der Waals surface area contributed by atoms with Gasteiger partial charge in [0.05, 0.1) is 0 Å². The maximum Gasteiger partial charge on any atom is 0.471 e. The van der Waals surface area contributed by atoms with Gasteiger partial charge < -0.3 is 19.5 Å². The summed E-state index contributed by atoms with van der Waals surface area (Å²) < 4.78 is 48.7. The normalized spacial score (nSPS) is 23.2. The molecule has 1 saturated heterocycles. The summed E-state index contributed by atoms with van der Waals surface area (Å²) in [7, 11) is 0. The number of halogens is 3. The van der Waals surface area contributed by atoms with Gasteiger partial charge in [-0.05, 0) is 17.7 Å². The summed E-state index contributed by atoms with van der Waals surface area (Å²) in [5.41, 5.74) is 0.348. The van der Waals surface area contributed by atoms with Gasteiger partial charge in [-0.3, -0.25) is 4.79 Å². The van der Waals surface area contributed by atoms with Crippen LogP contribution in [-0.2, 0) is 9.59 Å². The minimum Gasteiger partial charge on any atom is -0.480 e. The zero-order valence-electron chi connectivity index (χ0n) is 11.4. The lowest BCUT2D eigenvalue weighted by atomic mass is 10.1. The van der Waals surface area contributed by atoms with E-state index in [1.54, 1.807) is 0 Å². The van der Waals surface area contributed by atoms with Gasteiger partial charge in [-0.2, -0.15) is 13.2 Å². The number of ether oxygens (including phenoxy) is 2. The van der Waals surface area contributed by atoms with E-state index in [1.807, 2.05) is 0 Å². The largest absolute Gasteiger partial charge is 0.480 e. The van der Waals surface area contributed by atoms with Crippen LogP contribution in [0, 0.1) is 0 Å². The summed E-state index contributed by atoms with van der Waals surface area (Å²) in [5.74, 6) is -2.98. The maximum absolute atomic E-state index is 12.8. The van der Waals surface area contributed by atoms with Crippen LogP contribution in [0.2, 0.25) is 0 Å². The molecule has 23 heavy (non-hydrogen) atoms. The molecule has 3 rings (SSSR count). The van der Waals surface area contributed by atoms with Gasteiger partial charge in [0.2, 0.25) is 6.79 Å². The molecule has 1 aromatic carbocycles. The summed E-state index contributed by atoms with van der Waals surface area (Å²) >= 11 is 0.958. The van der Waals surface area contributed by atoms with Crippen LogP contribution in [0.3, 0.4) is 0 Å². The molecule has 6 nitrogen and oxygen atoms in total. The molecular weight excluding hydrogens is 339 g/mol. The van der Waals surface area contributed by atoms with Crippen LogP contribution < -0.4 is 9.47 Å². The van der Waals surface area contributed by atoms with E-state index in [0.29, 0.717) is 22.0 Å². The van der Waals surface area contributed by atoms with Gasteiger partial charge in [-0.25, -0.2) is 4.79 Å². The Morgan fingerprint density at radius 3 is 2.61 bits per heavy atom. The first-order valence-corrected chi connectivity index (χ1v) is 7.47. The highest BCUT2D eigenvalue weighted by molar-refractivity contribution is 7.99. The number of alkyl halides is 3. The minimum absolute atomic E-state index is 0.000453. The molecule has 10 heteroatoms. The molecule has 0 radical (unpaired) electrons. The Kier molecular flexibility index (Phi) is 3.78. The average Bonchev–Trinajstić information content (AvgIpc) is 3.10. The van der Waals surface area contributed by atoms with E-state index < -0.39 is 29.5 Å². The van der Waals surface area contributed by atoms with Crippen molar-refractivity contribution in [1.82, 2.24) is 4.90 Å². The Labute approximate surface area is 132 Å². The lowest BCUT2D eigenvalue weighted by Crippen LogP contribution is -2.48. The number of carbonyl (C=O) groups is 2. The Balaban J connectivity index is 1.96. The molecule has 1 fully saturated rings. The molecule has 1 aromatic rings. The second kappa shape index (κ2) is 5.52. The zero-order chi connectivity index (χ0) is 16.8. The van der Waals surface area contributed by atoms with Gasteiger partial charge in [0.1, 0.15) is 11.4 Å². The lowest BCUT2D eigenvalue weighted by molar-refractivity contribution is -0.189. The number of thioether (sulfide) groups is 1. The molecule has 0 saturated carbocycles. The van der Waals surface area contributed by atoms with Crippen molar-refractivity contribution in [3.05, 3.63) is 23.8 Å². The molecule has 2 atom stereocenters. The SMILES string of the molecule is O=C(O)[C@H]1CSC(c2ccc3c(c2)OCO3)N1C(=O)C(F)(F)F. The molecule has 2 aliphatic rings. The van der Waals surface area contributed by atoms with Crippen LogP contribution in [0.15, 0.2) is 18.2 Å². The number of carboxylic acids is 1. The third kappa shape index (κ3) is 2.78. The Morgan fingerprint density at radius 2 is 1.96 bits per heavy atom. The van der Waals surface area contributed by atoms with Gasteiger partial charge in [0.15, 0.2) is 11.5 Å². The van der Waals surface area contributed by atoms with Crippen molar-refractivity contribution in [3.8, 4) is 11.5 Å². The summed E-state index contributed by atoms with van der Waals surface area (Å²) in [6.45, 7) is -0.000453. The van der Waals surface area contributed by atoms with Crippen molar-refractivity contribution in [1.29, 1.82) is 0 Å². The molecule has 2 heterocycles. The first kappa shape index (κ1) is 15.8. The van der Waals surface area contributed by atoms with Crippen LogP contribution in [0.25, 0.3) is 0 Å². The van der Waals surface area contributed by atoms with Crippen molar-refractivity contribution in [2.24, 2.45) is 0 Å². The number of hydrogen-bond donors (Lipinski definition) is 1. The molecule has 2 aliphatic heterocycles. The predicted molar refractivity (Wildman–Crippen MR) is 72.1 cm³/mol. The summed E-state index contributed by atoms with van der Waals surface area (Å²) in [5, 5.41) is 8.04. The first-order valence-electron chi connectivity index (χ1n) is 6.42. The average molecular weight is 349 g/mol. The summed E-state index contributed by atoms with van der Waals surface area (Å²) in [6.07, 6.45) is -5.15. The number of benzene rings is 1. The topological polar surface area (TPSA) is 76.1 Å².